The molecule has 1 aliphatic rings. The summed E-state index contributed by atoms with van der Waals surface area (Å²) in [5, 5.41) is 6.04. The summed E-state index contributed by atoms with van der Waals surface area (Å²) < 4.78 is 13.7. The molecule has 4 aromatic carbocycles. The van der Waals surface area contributed by atoms with Gasteiger partial charge in [0.1, 0.15) is 5.01 Å². The molecule has 1 saturated heterocycles. The number of fused-ring (bicyclic) bond motifs is 4. The average Bonchev–Trinajstić information content (AvgIpc) is 3.30. The van der Waals surface area contributed by atoms with Crippen molar-refractivity contribution in [2.75, 3.05) is 0 Å². The van der Waals surface area contributed by atoms with E-state index >= 15 is 0 Å². The molecule has 158 valence electrons. The molecule has 5 heteroatoms. The number of hydrogen-bond donors (Lipinski definition) is 0. The Balaban J connectivity index is 1.48. The van der Waals surface area contributed by atoms with Crippen molar-refractivity contribution in [2.45, 2.75) is 38.9 Å². The Morgan fingerprint density at radius 2 is 1.41 bits per heavy atom. The third-order valence-corrected chi connectivity index (χ3v) is 7.99. The second-order valence-electron chi connectivity index (χ2n) is 9.53. The number of benzene rings is 4. The minimum absolute atomic E-state index is 0.352. The summed E-state index contributed by atoms with van der Waals surface area (Å²) in [6, 6.07) is 25.8. The first-order valence-electron chi connectivity index (χ1n) is 11.0. The van der Waals surface area contributed by atoms with Gasteiger partial charge in [-0.3, -0.25) is 0 Å². The second kappa shape index (κ2) is 6.88. The molecule has 0 spiro atoms. The van der Waals surface area contributed by atoms with Crippen LogP contribution in [0.15, 0.2) is 72.8 Å². The molecular weight excluding hydrogens is 413 g/mol. The number of thiazole rings is 1. The summed E-state index contributed by atoms with van der Waals surface area (Å²) in [5.74, 6) is 0. The van der Waals surface area contributed by atoms with Crippen molar-refractivity contribution < 1.29 is 9.31 Å². The lowest BCUT2D eigenvalue weighted by Gasteiger charge is -2.32. The van der Waals surface area contributed by atoms with Crippen LogP contribution >= 0.6 is 11.3 Å². The van der Waals surface area contributed by atoms with Gasteiger partial charge in [0, 0.05) is 5.56 Å². The highest BCUT2D eigenvalue weighted by Crippen LogP contribution is 2.39. The van der Waals surface area contributed by atoms with Crippen LogP contribution in [0.5, 0.6) is 0 Å². The lowest BCUT2D eigenvalue weighted by molar-refractivity contribution is 0.00578. The van der Waals surface area contributed by atoms with E-state index < -0.39 is 0 Å². The maximum atomic E-state index is 6.26. The fourth-order valence-corrected chi connectivity index (χ4v) is 5.46. The van der Waals surface area contributed by atoms with E-state index in [4.69, 9.17) is 14.3 Å². The molecule has 0 aliphatic carbocycles. The van der Waals surface area contributed by atoms with E-state index in [1.165, 1.54) is 27.1 Å². The highest BCUT2D eigenvalue weighted by molar-refractivity contribution is 7.21. The van der Waals surface area contributed by atoms with Crippen molar-refractivity contribution in [3.05, 3.63) is 72.8 Å². The van der Waals surface area contributed by atoms with Crippen LogP contribution in [-0.4, -0.2) is 23.3 Å². The van der Waals surface area contributed by atoms with Crippen molar-refractivity contribution in [3.63, 3.8) is 0 Å². The molecule has 1 fully saturated rings. The predicted molar refractivity (Wildman–Crippen MR) is 136 cm³/mol. The Morgan fingerprint density at radius 1 is 0.750 bits per heavy atom. The van der Waals surface area contributed by atoms with Gasteiger partial charge in [-0.2, -0.15) is 0 Å². The Bertz CT molecular complexity index is 1490. The fourth-order valence-electron chi connectivity index (χ4n) is 4.41. The Labute approximate surface area is 192 Å². The predicted octanol–water partition coefficient (Wildman–Crippen LogP) is 6.57. The minimum atomic E-state index is -0.364. The van der Waals surface area contributed by atoms with E-state index in [-0.39, 0.29) is 18.3 Å². The van der Waals surface area contributed by atoms with Crippen LogP contribution < -0.4 is 5.46 Å². The molecule has 1 aliphatic heterocycles. The molecule has 0 radical (unpaired) electrons. The Kier molecular flexibility index (Phi) is 4.29. The van der Waals surface area contributed by atoms with Gasteiger partial charge in [-0.15, -0.1) is 11.3 Å². The minimum Gasteiger partial charge on any atom is -0.399 e. The van der Waals surface area contributed by atoms with E-state index in [1.807, 2.05) is 0 Å². The molecule has 5 aromatic rings. The molecule has 0 unspecified atom stereocenters. The average molecular weight is 437 g/mol. The van der Waals surface area contributed by atoms with Crippen molar-refractivity contribution in [1.82, 2.24) is 4.98 Å². The van der Waals surface area contributed by atoms with Crippen LogP contribution in [-0.2, 0) is 9.31 Å². The summed E-state index contributed by atoms with van der Waals surface area (Å²) in [7, 11) is -0.364. The molecule has 1 aromatic heterocycles. The molecule has 6 rings (SSSR count). The van der Waals surface area contributed by atoms with Gasteiger partial charge < -0.3 is 9.31 Å². The van der Waals surface area contributed by atoms with Crippen LogP contribution in [0.2, 0.25) is 0 Å². The van der Waals surface area contributed by atoms with E-state index in [9.17, 15) is 0 Å². The van der Waals surface area contributed by atoms with Crippen LogP contribution in [0.25, 0.3) is 42.3 Å². The number of rotatable bonds is 2. The van der Waals surface area contributed by atoms with Gasteiger partial charge in [-0.05, 0) is 72.9 Å². The summed E-state index contributed by atoms with van der Waals surface area (Å²) in [6.45, 7) is 8.34. The summed E-state index contributed by atoms with van der Waals surface area (Å²) in [6.07, 6.45) is 0. The first-order chi connectivity index (χ1) is 15.3. The zero-order valence-electron chi connectivity index (χ0n) is 18.7. The molecule has 32 heavy (non-hydrogen) atoms. The zero-order chi connectivity index (χ0) is 22.1. The molecule has 2 heterocycles. The van der Waals surface area contributed by atoms with Crippen molar-refractivity contribution in [2.24, 2.45) is 0 Å². The van der Waals surface area contributed by atoms with Crippen LogP contribution in [0.1, 0.15) is 27.7 Å². The largest absolute Gasteiger partial charge is 0.494 e. The highest BCUT2D eigenvalue weighted by Gasteiger charge is 2.51. The van der Waals surface area contributed by atoms with Gasteiger partial charge in [-0.25, -0.2) is 4.98 Å². The first kappa shape index (κ1) is 19.9. The third-order valence-electron chi connectivity index (χ3n) is 6.94. The van der Waals surface area contributed by atoms with E-state index in [1.54, 1.807) is 11.3 Å². The Hall–Kier alpha value is -2.73. The number of aromatic nitrogens is 1. The lowest BCUT2D eigenvalue weighted by Crippen LogP contribution is -2.41. The summed E-state index contributed by atoms with van der Waals surface area (Å²) in [5.41, 5.74) is 2.51. The molecule has 0 bridgehead atoms. The van der Waals surface area contributed by atoms with Gasteiger partial charge in [0.05, 0.1) is 21.4 Å². The fraction of sp³-hybridized carbons (Fsp3) is 0.222. The van der Waals surface area contributed by atoms with Crippen molar-refractivity contribution in [1.29, 1.82) is 0 Å². The van der Waals surface area contributed by atoms with Gasteiger partial charge >= 0.3 is 7.12 Å². The molecule has 0 saturated carbocycles. The van der Waals surface area contributed by atoms with Crippen molar-refractivity contribution in [3.8, 4) is 10.6 Å². The molecule has 3 nitrogen and oxygen atoms in total. The van der Waals surface area contributed by atoms with Crippen LogP contribution in [0.4, 0.5) is 0 Å². The highest BCUT2D eigenvalue weighted by atomic mass is 32.1. The van der Waals surface area contributed by atoms with E-state index in [2.05, 4.69) is 100 Å². The van der Waals surface area contributed by atoms with Crippen LogP contribution in [0.3, 0.4) is 0 Å². The topological polar surface area (TPSA) is 31.4 Å². The molecule has 0 N–H and O–H groups in total. The molecule has 0 amide bonds. The lowest BCUT2D eigenvalue weighted by atomic mass is 9.79. The second-order valence-corrected chi connectivity index (χ2v) is 10.6. The smallest absolute Gasteiger partial charge is 0.399 e. The molecule has 0 atom stereocenters. The van der Waals surface area contributed by atoms with Gasteiger partial charge in [0.25, 0.3) is 0 Å². The quantitative estimate of drug-likeness (QED) is 0.231. The van der Waals surface area contributed by atoms with Gasteiger partial charge in [0.2, 0.25) is 0 Å². The standard InChI is InChI=1S/C27H24BNO2S/c1-26(2)27(3,4)31-28(30-26)18-13-14-23-24(16-18)32-25(29-23)22-15-17-9-5-6-10-19(17)20-11-7-8-12-21(20)22/h5-16H,1-4H3. The third kappa shape index (κ3) is 3.00. The van der Waals surface area contributed by atoms with E-state index in [0.717, 1.165) is 20.7 Å². The van der Waals surface area contributed by atoms with Gasteiger partial charge in [0.15, 0.2) is 0 Å². The maximum Gasteiger partial charge on any atom is 0.494 e. The first-order valence-corrected chi connectivity index (χ1v) is 11.8. The normalized spacial score (nSPS) is 17.6. The van der Waals surface area contributed by atoms with Crippen LogP contribution in [0, 0.1) is 0 Å². The zero-order valence-corrected chi connectivity index (χ0v) is 19.5. The van der Waals surface area contributed by atoms with E-state index in [0.29, 0.717) is 0 Å². The summed E-state index contributed by atoms with van der Waals surface area (Å²) >= 11 is 1.72. The maximum absolute atomic E-state index is 6.26. The molecular formula is C27H24BNO2S. The number of hydrogen-bond acceptors (Lipinski definition) is 4. The SMILES string of the molecule is CC1(C)OB(c2ccc3nc(-c4cc5ccccc5c5ccccc45)sc3c2)OC1(C)C. The van der Waals surface area contributed by atoms with Crippen molar-refractivity contribution >= 4 is 55.7 Å². The Morgan fingerprint density at radius 3 is 2.16 bits per heavy atom. The number of nitrogens with zero attached hydrogens (tertiary/aromatic N) is 1. The summed E-state index contributed by atoms with van der Waals surface area (Å²) in [4.78, 5) is 5.00. The monoisotopic (exact) mass is 437 g/mol. The van der Waals surface area contributed by atoms with Gasteiger partial charge in [-0.1, -0.05) is 54.6 Å².